The van der Waals surface area contributed by atoms with Gasteiger partial charge in [-0.3, -0.25) is 0 Å². The Morgan fingerprint density at radius 3 is 2.75 bits per heavy atom. The van der Waals surface area contributed by atoms with E-state index in [0.29, 0.717) is 13.2 Å². The summed E-state index contributed by atoms with van der Waals surface area (Å²) in [6.45, 7) is 4.35. The molecule has 1 aromatic carbocycles. The zero-order valence-corrected chi connectivity index (χ0v) is 12.8. The maximum absolute atomic E-state index is 5.61. The van der Waals surface area contributed by atoms with Gasteiger partial charge in [-0.2, -0.15) is 0 Å². The summed E-state index contributed by atoms with van der Waals surface area (Å²) in [5, 5.41) is 3.15. The number of aromatic nitrogens is 1. The lowest BCUT2D eigenvalue weighted by Crippen LogP contribution is -2.02. The predicted octanol–water partition coefficient (Wildman–Crippen LogP) is 3.63. The minimum absolute atomic E-state index is 0.650. The highest BCUT2D eigenvalue weighted by atomic mass is 32.1. The van der Waals surface area contributed by atoms with Gasteiger partial charge < -0.3 is 10.5 Å². The van der Waals surface area contributed by atoms with Crippen molar-refractivity contribution in [2.24, 2.45) is 5.73 Å². The smallest absolute Gasteiger partial charge is 0.123 e. The molecule has 3 nitrogen and oxygen atoms in total. The fourth-order valence-corrected chi connectivity index (χ4v) is 2.74. The third kappa shape index (κ3) is 4.40. The van der Waals surface area contributed by atoms with E-state index in [1.807, 2.05) is 0 Å². The van der Waals surface area contributed by atoms with Crippen LogP contribution in [0.3, 0.4) is 0 Å². The van der Waals surface area contributed by atoms with Crippen molar-refractivity contribution in [2.75, 3.05) is 13.2 Å². The van der Waals surface area contributed by atoms with Gasteiger partial charge in [0.2, 0.25) is 0 Å². The van der Waals surface area contributed by atoms with Crippen LogP contribution in [0.15, 0.2) is 29.6 Å². The number of hydrogen-bond donors (Lipinski definition) is 1. The molecule has 0 saturated carbocycles. The lowest BCUT2D eigenvalue weighted by Gasteiger charge is -2.04. The van der Waals surface area contributed by atoms with Crippen LogP contribution in [0.4, 0.5) is 0 Å². The van der Waals surface area contributed by atoms with Crippen molar-refractivity contribution in [1.29, 1.82) is 0 Å². The van der Waals surface area contributed by atoms with Gasteiger partial charge >= 0.3 is 0 Å². The van der Waals surface area contributed by atoms with Crippen LogP contribution in [0.25, 0.3) is 10.6 Å². The molecular weight excluding hydrogens is 268 g/mol. The average Bonchev–Trinajstić information content (AvgIpc) is 2.93. The zero-order valence-electron chi connectivity index (χ0n) is 12.0. The van der Waals surface area contributed by atoms with E-state index in [2.05, 4.69) is 41.6 Å². The molecule has 108 valence electrons. The number of unbranched alkanes of at least 4 members (excludes halogenated alkanes) is 1. The van der Waals surface area contributed by atoms with E-state index >= 15 is 0 Å². The van der Waals surface area contributed by atoms with Crippen molar-refractivity contribution >= 4 is 11.3 Å². The second-order valence-corrected chi connectivity index (χ2v) is 5.64. The summed E-state index contributed by atoms with van der Waals surface area (Å²) < 4.78 is 5.61. The van der Waals surface area contributed by atoms with Crippen LogP contribution >= 0.6 is 11.3 Å². The van der Waals surface area contributed by atoms with Crippen LogP contribution in [0.1, 0.15) is 31.0 Å². The van der Waals surface area contributed by atoms with E-state index in [0.717, 1.165) is 35.7 Å². The normalized spacial score (nSPS) is 10.9. The van der Waals surface area contributed by atoms with Gasteiger partial charge in [0.05, 0.1) is 12.3 Å². The number of nitrogens with zero attached hydrogens (tertiary/aromatic N) is 1. The predicted molar refractivity (Wildman–Crippen MR) is 84.9 cm³/mol. The summed E-state index contributed by atoms with van der Waals surface area (Å²) in [4.78, 5) is 4.59. The number of ether oxygens (including phenoxy) is 1. The standard InChI is InChI=1S/C16H22N2OS/c1-2-3-10-19-11-13-4-6-14(7-5-13)16-18-15(8-9-17)12-20-16/h4-7,12H,2-3,8-11,17H2,1H3. The van der Waals surface area contributed by atoms with Crippen LogP contribution in [0.5, 0.6) is 0 Å². The summed E-state index contributed by atoms with van der Waals surface area (Å²) in [6.07, 6.45) is 3.15. The van der Waals surface area contributed by atoms with Crippen LogP contribution in [0.2, 0.25) is 0 Å². The van der Waals surface area contributed by atoms with Crippen LogP contribution in [0, 0.1) is 0 Å². The summed E-state index contributed by atoms with van der Waals surface area (Å²) in [5.74, 6) is 0. The molecule has 4 heteroatoms. The van der Waals surface area contributed by atoms with Crippen molar-refractivity contribution in [2.45, 2.75) is 32.8 Å². The Labute approximate surface area is 124 Å². The van der Waals surface area contributed by atoms with Crippen LogP contribution < -0.4 is 5.73 Å². The molecule has 0 saturated heterocycles. The van der Waals surface area contributed by atoms with Crippen molar-refractivity contribution in [3.05, 3.63) is 40.9 Å². The largest absolute Gasteiger partial charge is 0.377 e. The van der Waals surface area contributed by atoms with Crippen molar-refractivity contribution in [3.63, 3.8) is 0 Å². The third-order valence-electron chi connectivity index (χ3n) is 3.06. The topological polar surface area (TPSA) is 48.1 Å². The van der Waals surface area contributed by atoms with Crippen molar-refractivity contribution in [1.82, 2.24) is 4.98 Å². The molecule has 2 N–H and O–H groups in total. The van der Waals surface area contributed by atoms with Crippen molar-refractivity contribution < 1.29 is 4.74 Å². The number of nitrogens with two attached hydrogens (primary N) is 1. The molecule has 1 heterocycles. The second-order valence-electron chi connectivity index (χ2n) is 4.79. The molecule has 0 amide bonds. The van der Waals surface area contributed by atoms with Gasteiger partial charge in [0.15, 0.2) is 0 Å². The van der Waals surface area contributed by atoms with E-state index in [-0.39, 0.29) is 0 Å². The van der Waals surface area contributed by atoms with Gasteiger partial charge in [-0.05, 0) is 18.5 Å². The van der Waals surface area contributed by atoms with E-state index in [1.165, 1.54) is 12.0 Å². The van der Waals surface area contributed by atoms with Gasteiger partial charge in [0.1, 0.15) is 5.01 Å². The van der Waals surface area contributed by atoms with E-state index < -0.39 is 0 Å². The Bertz CT molecular complexity index is 507. The molecule has 0 spiro atoms. The fourth-order valence-electron chi connectivity index (χ4n) is 1.88. The Morgan fingerprint density at radius 2 is 2.05 bits per heavy atom. The Morgan fingerprint density at radius 1 is 1.25 bits per heavy atom. The zero-order chi connectivity index (χ0) is 14.2. The molecule has 2 rings (SSSR count). The molecule has 2 aromatic rings. The summed E-state index contributed by atoms with van der Waals surface area (Å²) in [5.41, 5.74) is 9.00. The summed E-state index contributed by atoms with van der Waals surface area (Å²) in [6, 6.07) is 8.46. The van der Waals surface area contributed by atoms with Gasteiger partial charge in [-0.1, -0.05) is 37.6 Å². The maximum Gasteiger partial charge on any atom is 0.123 e. The minimum Gasteiger partial charge on any atom is -0.377 e. The summed E-state index contributed by atoms with van der Waals surface area (Å²) >= 11 is 1.67. The highest BCUT2D eigenvalue weighted by Gasteiger charge is 2.04. The number of thiazole rings is 1. The molecule has 0 fully saturated rings. The highest BCUT2D eigenvalue weighted by molar-refractivity contribution is 7.13. The van der Waals surface area contributed by atoms with E-state index in [1.54, 1.807) is 11.3 Å². The Kier molecular flexibility index (Phi) is 6.18. The molecule has 0 aliphatic carbocycles. The van der Waals surface area contributed by atoms with Crippen LogP contribution in [-0.4, -0.2) is 18.1 Å². The molecule has 0 unspecified atom stereocenters. The first-order chi connectivity index (χ1) is 9.83. The van der Waals surface area contributed by atoms with Crippen LogP contribution in [-0.2, 0) is 17.8 Å². The first kappa shape index (κ1) is 15.2. The maximum atomic E-state index is 5.61. The molecule has 0 bridgehead atoms. The average molecular weight is 290 g/mol. The molecule has 0 radical (unpaired) electrons. The van der Waals surface area contributed by atoms with Gasteiger partial charge in [0.25, 0.3) is 0 Å². The number of rotatable bonds is 8. The lowest BCUT2D eigenvalue weighted by molar-refractivity contribution is 0.118. The third-order valence-corrected chi connectivity index (χ3v) is 4.00. The SMILES string of the molecule is CCCCOCc1ccc(-c2nc(CCN)cs2)cc1. The second kappa shape index (κ2) is 8.15. The molecule has 0 aliphatic rings. The molecule has 0 atom stereocenters. The van der Waals surface area contributed by atoms with Gasteiger partial charge in [-0.25, -0.2) is 4.98 Å². The number of hydrogen-bond acceptors (Lipinski definition) is 4. The van der Waals surface area contributed by atoms with E-state index in [9.17, 15) is 0 Å². The van der Waals surface area contributed by atoms with Crippen molar-refractivity contribution in [3.8, 4) is 10.6 Å². The molecule has 1 aromatic heterocycles. The number of benzene rings is 1. The lowest BCUT2D eigenvalue weighted by atomic mass is 10.1. The van der Waals surface area contributed by atoms with Gasteiger partial charge in [-0.15, -0.1) is 11.3 Å². The fraction of sp³-hybridized carbons (Fsp3) is 0.438. The van der Waals surface area contributed by atoms with Gasteiger partial charge in [0, 0.05) is 24.0 Å². The Balaban J connectivity index is 1.93. The first-order valence-corrected chi connectivity index (χ1v) is 8.03. The van der Waals surface area contributed by atoms with E-state index in [4.69, 9.17) is 10.5 Å². The molecular formula is C16H22N2OS. The first-order valence-electron chi connectivity index (χ1n) is 7.15. The molecule has 0 aliphatic heterocycles. The monoisotopic (exact) mass is 290 g/mol. The summed E-state index contributed by atoms with van der Waals surface area (Å²) in [7, 11) is 0. The Hall–Kier alpha value is -1.23. The minimum atomic E-state index is 0.650. The quantitative estimate of drug-likeness (QED) is 0.755. The highest BCUT2D eigenvalue weighted by Crippen LogP contribution is 2.24. The molecule has 20 heavy (non-hydrogen) atoms.